The first-order chi connectivity index (χ1) is 14.2. The lowest BCUT2D eigenvalue weighted by Gasteiger charge is -2.24. The van der Waals surface area contributed by atoms with Crippen molar-refractivity contribution in [3.8, 4) is 0 Å². The SMILES string of the molecule is O=C(CC(c1ccccc1)c1ccco1)N1CCCN(C(=O)c2ccco2)CC1. The molecule has 0 bridgehead atoms. The quantitative estimate of drug-likeness (QED) is 0.663. The Morgan fingerprint density at radius 3 is 2.28 bits per heavy atom. The van der Waals surface area contributed by atoms with Gasteiger partial charge in [-0.1, -0.05) is 30.3 Å². The summed E-state index contributed by atoms with van der Waals surface area (Å²) < 4.78 is 10.8. The Kier molecular flexibility index (Phi) is 5.79. The first-order valence-electron chi connectivity index (χ1n) is 9.91. The van der Waals surface area contributed by atoms with Crippen LogP contribution in [0.5, 0.6) is 0 Å². The largest absolute Gasteiger partial charge is 0.469 e. The molecule has 1 aliphatic rings. The Hall–Kier alpha value is -3.28. The Morgan fingerprint density at radius 1 is 0.828 bits per heavy atom. The molecule has 6 nitrogen and oxygen atoms in total. The molecule has 2 amide bonds. The van der Waals surface area contributed by atoms with E-state index in [9.17, 15) is 9.59 Å². The van der Waals surface area contributed by atoms with Crippen LogP contribution in [-0.2, 0) is 4.79 Å². The number of rotatable bonds is 5. The highest BCUT2D eigenvalue weighted by atomic mass is 16.3. The van der Waals surface area contributed by atoms with Gasteiger partial charge in [-0.2, -0.15) is 0 Å². The topological polar surface area (TPSA) is 66.9 Å². The summed E-state index contributed by atoms with van der Waals surface area (Å²) in [6.45, 7) is 2.27. The zero-order valence-electron chi connectivity index (χ0n) is 16.2. The minimum atomic E-state index is -0.123. The highest BCUT2D eigenvalue weighted by Gasteiger charge is 2.27. The smallest absolute Gasteiger partial charge is 0.289 e. The van der Waals surface area contributed by atoms with E-state index < -0.39 is 0 Å². The van der Waals surface area contributed by atoms with Crippen LogP contribution in [-0.4, -0.2) is 47.8 Å². The normalized spacial score (nSPS) is 15.7. The Morgan fingerprint density at radius 2 is 1.55 bits per heavy atom. The molecule has 1 atom stereocenters. The maximum atomic E-state index is 13.1. The highest BCUT2D eigenvalue weighted by Crippen LogP contribution is 2.29. The van der Waals surface area contributed by atoms with Crippen LogP contribution >= 0.6 is 0 Å². The molecule has 6 heteroatoms. The predicted octanol–water partition coefficient (Wildman–Crippen LogP) is 3.77. The highest BCUT2D eigenvalue weighted by molar-refractivity contribution is 5.91. The Balaban J connectivity index is 1.43. The maximum absolute atomic E-state index is 13.1. The number of amides is 2. The van der Waals surface area contributed by atoms with Gasteiger partial charge in [-0.3, -0.25) is 9.59 Å². The maximum Gasteiger partial charge on any atom is 0.289 e. The molecule has 1 aromatic carbocycles. The third kappa shape index (κ3) is 4.42. The van der Waals surface area contributed by atoms with Gasteiger partial charge in [0.05, 0.1) is 18.4 Å². The lowest BCUT2D eigenvalue weighted by atomic mass is 9.92. The van der Waals surface area contributed by atoms with E-state index in [4.69, 9.17) is 8.83 Å². The van der Waals surface area contributed by atoms with Crippen molar-refractivity contribution in [3.05, 3.63) is 84.2 Å². The summed E-state index contributed by atoms with van der Waals surface area (Å²) in [6.07, 6.45) is 4.22. The predicted molar refractivity (Wildman–Crippen MR) is 107 cm³/mol. The molecular weight excluding hydrogens is 368 g/mol. The first-order valence-corrected chi connectivity index (χ1v) is 9.91. The van der Waals surface area contributed by atoms with E-state index in [0.717, 1.165) is 17.7 Å². The van der Waals surface area contributed by atoms with E-state index in [1.165, 1.54) is 6.26 Å². The molecule has 1 aliphatic heterocycles. The van der Waals surface area contributed by atoms with Crippen molar-refractivity contribution in [2.24, 2.45) is 0 Å². The number of nitrogens with zero attached hydrogens (tertiary/aromatic N) is 2. The fourth-order valence-corrected chi connectivity index (χ4v) is 3.79. The number of benzene rings is 1. The van der Waals surface area contributed by atoms with Gasteiger partial charge in [0.25, 0.3) is 5.91 Å². The second-order valence-corrected chi connectivity index (χ2v) is 7.19. The summed E-state index contributed by atoms with van der Waals surface area (Å²) in [6, 6.07) is 17.1. The number of carbonyl (C=O) groups excluding carboxylic acids is 2. The van der Waals surface area contributed by atoms with Crippen molar-refractivity contribution in [3.63, 3.8) is 0 Å². The van der Waals surface area contributed by atoms with Crippen LogP contribution < -0.4 is 0 Å². The molecule has 0 aliphatic carbocycles. The molecule has 3 heterocycles. The molecule has 1 unspecified atom stereocenters. The zero-order chi connectivity index (χ0) is 20.1. The first kappa shape index (κ1) is 19.1. The van der Waals surface area contributed by atoms with Crippen molar-refractivity contribution in [2.75, 3.05) is 26.2 Å². The Labute approximate surface area is 169 Å². The summed E-state index contributed by atoms with van der Waals surface area (Å²) in [5.74, 6) is 0.952. The zero-order valence-corrected chi connectivity index (χ0v) is 16.2. The van der Waals surface area contributed by atoms with Crippen LogP contribution in [0.2, 0.25) is 0 Å². The van der Waals surface area contributed by atoms with E-state index in [2.05, 4.69) is 0 Å². The fourth-order valence-electron chi connectivity index (χ4n) is 3.79. The van der Waals surface area contributed by atoms with E-state index in [-0.39, 0.29) is 17.7 Å². The molecule has 0 N–H and O–H groups in total. The molecule has 0 radical (unpaired) electrons. The monoisotopic (exact) mass is 392 g/mol. The van der Waals surface area contributed by atoms with Crippen molar-refractivity contribution >= 4 is 11.8 Å². The average molecular weight is 392 g/mol. The van der Waals surface area contributed by atoms with E-state index in [1.54, 1.807) is 23.3 Å². The number of carbonyl (C=O) groups is 2. The second kappa shape index (κ2) is 8.82. The molecule has 0 spiro atoms. The van der Waals surface area contributed by atoms with Gasteiger partial charge < -0.3 is 18.6 Å². The molecule has 0 saturated carbocycles. The standard InChI is InChI=1S/C23H24N2O4/c26-22(17-19(20-9-4-15-28-20)18-7-2-1-3-8-18)24-11-6-12-25(14-13-24)23(27)21-10-5-16-29-21/h1-5,7-10,15-16,19H,6,11-14,17H2. The van der Waals surface area contributed by atoms with E-state index in [0.29, 0.717) is 38.4 Å². The van der Waals surface area contributed by atoms with Crippen molar-refractivity contribution < 1.29 is 18.4 Å². The van der Waals surface area contributed by atoms with Gasteiger partial charge in [0, 0.05) is 32.6 Å². The van der Waals surface area contributed by atoms with Gasteiger partial charge >= 0.3 is 0 Å². The fraction of sp³-hybridized carbons (Fsp3) is 0.304. The number of hydrogen-bond donors (Lipinski definition) is 0. The summed E-state index contributed by atoms with van der Waals surface area (Å²) in [5, 5.41) is 0. The van der Waals surface area contributed by atoms with Gasteiger partial charge in [-0.05, 0) is 36.2 Å². The molecule has 29 heavy (non-hydrogen) atoms. The van der Waals surface area contributed by atoms with Crippen LogP contribution in [0, 0.1) is 0 Å². The van der Waals surface area contributed by atoms with E-state index >= 15 is 0 Å². The van der Waals surface area contributed by atoms with Gasteiger partial charge in [0.15, 0.2) is 5.76 Å². The van der Waals surface area contributed by atoms with Crippen LogP contribution in [0.25, 0.3) is 0 Å². The lowest BCUT2D eigenvalue weighted by molar-refractivity contribution is -0.131. The molecule has 1 saturated heterocycles. The Bertz CT molecular complexity index is 919. The minimum Gasteiger partial charge on any atom is -0.469 e. The van der Waals surface area contributed by atoms with Gasteiger partial charge in [0.2, 0.25) is 5.91 Å². The molecule has 4 rings (SSSR count). The minimum absolute atomic E-state index is 0.0718. The van der Waals surface area contributed by atoms with Gasteiger partial charge in [-0.25, -0.2) is 0 Å². The van der Waals surface area contributed by atoms with Crippen LogP contribution in [0.3, 0.4) is 0 Å². The summed E-state index contributed by atoms with van der Waals surface area (Å²) in [4.78, 5) is 29.2. The number of furan rings is 2. The average Bonchev–Trinajstić information content (AvgIpc) is 3.43. The number of hydrogen-bond acceptors (Lipinski definition) is 4. The summed E-state index contributed by atoms with van der Waals surface area (Å²) in [5.41, 5.74) is 1.06. The molecular formula is C23H24N2O4. The third-order valence-corrected chi connectivity index (χ3v) is 5.34. The van der Waals surface area contributed by atoms with Crippen LogP contribution in [0.1, 0.15) is 40.6 Å². The van der Waals surface area contributed by atoms with Gasteiger partial charge in [0.1, 0.15) is 5.76 Å². The summed E-state index contributed by atoms with van der Waals surface area (Å²) in [7, 11) is 0. The third-order valence-electron chi connectivity index (χ3n) is 5.34. The van der Waals surface area contributed by atoms with Crippen molar-refractivity contribution in [1.82, 2.24) is 9.80 Å². The van der Waals surface area contributed by atoms with Crippen LogP contribution in [0.15, 0.2) is 76.0 Å². The molecule has 2 aromatic heterocycles. The molecule has 150 valence electrons. The second-order valence-electron chi connectivity index (χ2n) is 7.19. The summed E-state index contributed by atoms with van der Waals surface area (Å²) >= 11 is 0. The van der Waals surface area contributed by atoms with Gasteiger partial charge in [-0.15, -0.1) is 0 Å². The molecule has 3 aromatic rings. The van der Waals surface area contributed by atoms with Crippen molar-refractivity contribution in [1.29, 1.82) is 0 Å². The lowest BCUT2D eigenvalue weighted by Crippen LogP contribution is -2.37. The van der Waals surface area contributed by atoms with E-state index in [1.807, 2.05) is 47.4 Å². The molecule has 1 fully saturated rings. The van der Waals surface area contributed by atoms with Crippen LogP contribution in [0.4, 0.5) is 0 Å². The van der Waals surface area contributed by atoms with Crippen molar-refractivity contribution in [2.45, 2.75) is 18.8 Å².